The molecule has 14 heavy (non-hydrogen) atoms. The van der Waals surface area contributed by atoms with E-state index in [0.29, 0.717) is 17.6 Å². The number of carbonyl (C=O) groups is 1. The minimum atomic E-state index is 0.422. The Morgan fingerprint density at radius 3 is 2.93 bits per heavy atom. The van der Waals surface area contributed by atoms with Crippen LogP contribution in [0.5, 0.6) is 0 Å². The summed E-state index contributed by atoms with van der Waals surface area (Å²) in [6.07, 6.45) is 11.9. The van der Waals surface area contributed by atoms with E-state index >= 15 is 0 Å². The van der Waals surface area contributed by atoms with Crippen LogP contribution in [0.4, 0.5) is 0 Å². The summed E-state index contributed by atoms with van der Waals surface area (Å²) >= 11 is 0. The van der Waals surface area contributed by atoms with Crippen molar-refractivity contribution < 1.29 is 4.79 Å². The summed E-state index contributed by atoms with van der Waals surface area (Å²) in [6, 6.07) is 0. The van der Waals surface area contributed by atoms with Crippen molar-refractivity contribution in [2.45, 2.75) is 38.5 Å². The fraction of sp³-hybridized carbons (Fsp3) is 0.769. The highest BCUT2D eigenvalue weighted by molar-refractivity contribution is 5.93. The minimum Gasteiger partial charge on any atom is -0.295 e. The van der Waals surface area contributed by atoms with Gasteiger partial charge in [0.1, 0.15) is 0 Å². The van der Waals surface area contributed by atoms with Gasteiger partial charge in [0.2, 0.25) is 0 Å². The number of hydrogen-bond acceptors (Lipinski definition) is 1. The first-order valence-corrected chi connectivity index (χ1v) is 6.06. The van der Waals surface area contributed by atoms with Crippen molar-refractivity contribution in [2.24, 2.45) is 23.7 Å². The molecule has 0 bridgehead atoms. The monoisotopic (exact) mass is 190 g/mol. The van der Waals surface area contributed by atoms with Gasteiger partial charge in [0.25, 0.3) is 0 Å². The number of allylic oxidation sites excluding steroid dienone is 2. The summed E-state index contributed by atoms with van der Waals surface area (Å²) in [4.78, 5) is 11.8. The van der Waals surface area contributed by atoms with E-state index in [1.807, 2.05) is 6.08 Å². The molecule has 0 spiro atoms. The molecule has 0 N–H and O–H groups in total. The van der Waals surface area contributed by atoms with Crippen molar-refractivity contribution in [2.75, 3.05) is 0 Å². The second-order valence-electron chi connectivity index (χ2n) is 5.27. The van der Waals surface area contributed by atoms with Gasteiger partial charge in [-0.15, -0.1) is 0 Å². The van der Waals surface area contributed by atoms with Crippen LogP contribution >= 0.6 is 0 Å². The van der Waals surface area contributed by atoms with Crippen molar-refractivity contribution in [1.82, 2.24) is 0 Å². The molecule has 1 heteroatoms. The van der Waals surface area contributed by atoms with E-state index in [4.69, 9.17) is 0 Å². The van der Waals surface area contributed by atoms with Gasteiger partial charge in [0.05, 0.1) is 0 Å². The molecule has 76 valence electrons. The van der Waals surface area contributed by atoms with E-state index in [0.717, 1.165) is 11.8 Å². The number of rotatable bonds is 0. The molecule has 2 saturated carbocycles. The lowest BCUT2D eigenvalue weighted by Crippen LogP contribution is -2.28. The number of hydrogen-bond donors (Lipinski definition) is 0. The minimum absolute atomic E-state index is 0.422. The zero-order valence-electron chi connectivity index (χ0n) is 8.61. The summed E-state index contributed by atoms with van der Waals surface area (Å²) in [6.45, 7) is 0. The van der Waals surface area contributed by atoms with Gasteiger partial charge >= 0.3 is 0 Å². The first-order valence-electron chi connectivity index (χ1n) is 6.06. The maximum atomic E-state index is 11.8. The molecular formula is C13H18O. The Morgan fingerprint density at radius 1 is 1.14 bits per heavy atom. The highest BCUT2D eigenvalue weighted by Gasteiger charge is 2.46. The van der Waals surface area contributed by atoms with Crippen LogP contribution in [0.3, 0.4) is 0 Å². The zero-order valence-corrected chi connectivity index (χ0v) is 8.61. The van der Waals surface area contributed by atoms with E-state index in [1.165, 1.54) is 38.5 Å². The Balaban J connectivity index is 1.87. The molecule has 0 aromatic carbocycles. The largest absolute Gasteiger partial charge is 0.295 e. The molecule has 0 aromatic rings. The Bertz CT molecular complexity index is 279. The third kappa shape index (κ3) is 1.18. The lowest BCUT2D eigenvalue weighted by molar-refractivity contribution is -0.121. The highest BCUT2D eigenvalue weighted by Crippen LogP contribution is 2.51. The molecule has 3 aliphatic carbocycles. The lowest BCUT2D eigenvalue weighted by atomic mass is 9.74. The summed E-state index contributed by atoms with van der Waals surface area (Å²) in [5, 5.41) is 0. The first-order chi connectivity index (χ1) is 6.86. The quantitative estimate of drug-likeness (QED) is 0.574. The van der Waals surface area contributed by atoms with Gasteiger partial charge < -0.3 is 0 Å². The topological polar surface area (TPSA) is 17.1 Å². The van der Waals surface area contributed by atoms with Crippen molar-refractivity contribution in [1.29, 1.82) is 0 Å². The molecule has 3 rings (SSSR count). The molecule has 1 nitrogen and oxygen atoms in total. The molecule has 4 unspecified atom stereocenters. The first kappa shape index (κ1) is 8.70. The van der Waals surface area contributed by atoms with E-state index in [9.17, 15) is 4.79 Å². The molecule has 2 fully saturated rings. The van der Waals surface area contributed by atoms with Crippen LogP contribution < -0.4 is 0 Å². The number of fused-ring (bicyclic) bond motifs is 3. The fourth-order valence-corrected chi connectivity index (χ4v) is 4.04. The number of ketones is 1. The van der Waals surface area contributed by atoms with Crippen molar-refractivity contribution >= 4 is 5.78 Å². The zero-order chi connectivity index (χ0) is 9.54. The predicted molar refractivity (Wildman–Crippen MR) is 55.8 cm³/mol. The SMILES string of the molecule is O=C1C=CCC2CC3CCCCC3C12. The van der Waals surface area contributed by atoms with Crippen LogP contribution in [0.1, 0.15) is 38.5 Å². The summed E-state index contributed by atoms with van der Waals surface area (Å²) in [7, 11) is 0. The normalized spacial score (nSPS) is 46.1. The van der Waals surface area contributed by atoms with Crippen LogP contribution in [0, 0.1) is 23.7 Å². The van der Waals surface area contributed by atoms with Gasteiger partial charge in [-0.1, -0.05) is 25.3 Å². The average Bonchev–Trinajstić information content (AvgIpc) is 2.57. The second kappa shape index (κ2) is 3.22. The van der Waals surface area contributed by atoms with Crippen LogP contribution in [-0.4, -0.2) is 5.78 Å². The molecule has 0 aromatic heterocycles. The van der Waals surface area contributed by atoms with E-state index in [1.54, 1.807) is 0 Å². The van der Waals surface area contributed by atoms with Gasteiger partial charge in [0, 0.05) is 5.92 Å². The standard InChI is InChI=1S/C13H18O/c14-12-7-3-5-10-8-9-4-1-2-6-11(9)13(10)12/h3,7,9-11,13H,1-2,4-6,8H2. The molecule has 4 atom stereocenters. The summed E-state index contributed by atoms with van der Waals surface area (Å²) in [5.41, 5.74) is 0. The van der Waals surface area contributed by atoms with Gasteiger partial charge in [-0.05, 0) is 43.1 Å². The molecule has 0 heterocycles. The maximum Gasteiger partial charge on any atom is 0.159 e. The van der Waals surface area contributed by atoms with Gasteiger partial charge in [-0.3, -0.25) is 4.79 Å². The second-order valence-corrected chi connectivity index (χ2v) is 5.27. The average molecular weight is 190 g/mol. The molecule has 0 radical (unpaired) electrons. The van der Waals surface area contributed by atoms with Crippen LogP contribution in [0.25, 0.3) is 0 Å². The summed E-state index contributed by atoms with van der Waals surface area (Å²) in [5.74, 6) is 3.22. The Morgan fingerprint density at radius 2 is 2.00 bits per heavy atom. The van der Waals surface area contributed by atoms with Crippen molar-refractivity contribution in [3.8, 4) is 0 Å². The predicted octanol–water partition coefficient (Wildman–Crippen LogP) is 2.96. The van der Waals surface area contributed by atoms with Gasteiger partial charge in [-0.2, -0.15) is 0 Å². The molecule has 0 amide bonds. The lowest BCUT2D eigenvalue weighted by Gasteiger charge is -2.29. The maximum absolute atomic E-state index is 11.8. The molecule has 0 saturated heterocycles. The Kier molecular flexibility index (Phi) is 2.00. The smallest absolute Gasteiger partial charge is 0.159 e. The van der Waals surface area contributed by atoms with Crippen LogP contribution in [-0.2, 0) is 4.79 Å². The third-order valence-electron chi connectivity index (χ3n) is 4.59. The molecule has 3 aliphatic rings. The van der Waals surface area contributed by atoms with Crippen LogP contribution in [0.2, 0.25) is 0 Å². The Labute approximate surface area is 85.6 Å². The van der Waals surface area contributed by atoms with E-state index in [2.05, 4.69) is 6.08 Å². The van der Waals surface area contributed by atoms with E-state index < -0.39 is 0 Å². The van der Waals surface area contributed by atoms with Crippen molar-refractivity contribution in [3.63, 3.8) is 0 Å². The van der Waals surface area contributed by atoms with Crippen LogP contribution in [0.15, 0.2) is 12.2 Å². The molecular weight excluding hydrogens is 172 g/mol. The van der Waals surface area contributed by atoms with E-state index in [-0.39, 0.29) is 0 Å². The fourth-order valence-electron chi connectivity index (χ4n) is 4.04. The van der Waals surface area contributed by atoms with Gasteiger partial charge in [-0.25, -0.2) is 0 Å². The summed E-state index contributed by atoms with van der Waals surface area (Å²) < 4.78 is 0. The third-order valence-corrected chi connectivity index (χ3v) is 4.59. The highest BCUT2D eigenvalue weighted by atomic mass is 16.1. The van der Waals surface area contributed by atoms with Crippen molar-refractivity contribution in [3.05, 3.63) is 12.2 Å². The molecule has 0 aliphatic heterocycles. The number of carbonyl (C=O) groups excluding carboxylic acids is 1. The van der Waals surface area contributed by atoms with Gasteiger partial charge in [0.15, 0.2) is 5.78 Å². The Hall–Kier alpha value is -0.590.